The average molecular weight is 726 g/mol. The molecule has 0 aromatic heterocycles. The molecule has 0 bridgehead atoms. The molecule has 0 saturated heterocycles. The molecule has 18 nitrogen and oxygen atoms in total. The van der Waals surface area contributed by atoms with Gasteiger partial charge in [0.2, 0.25) is 23.6 Å². The molecular weight excluding hydrogens is 674 g/mol. The van der Waals surface area contributed by atoms with E-state index in [1.807, 2.05) is 13.8 Å². The molecule has 0 unspecified atom stereocenters. The number of hydrazine groups is 1. The molecule has 0 spiro atoms. The predicted molar refractivity (Wildman–Crippen MR) is 196 cm³/mol. The highest BCUT2D eigenvalue weighted by Crippen LogP contribution is 2.14. The highest BCUT2D eigenvalue weighted by molar-refractivity contribution is 5.96. The zero-order chi connectivity index (χ0) is 38.8. The fourth-order valence-electron chi connectivity index (χ4n) is 4.41. The van der Waals surface area contributed by atoms with Crippen LogP contribution in [0.1, 0.15) is 56.5 Å². The summed E-state index contributed by atoms with van der Waals surface area (Å²) in [6, 6.07) is 9.01. The summed E-state index contributed by atoms with van der Waals surface area (Å²) in [5.41, 5.74) is 24.9. The largest absolute Gasteiger partial charge is 0.394 e. The Balaban J connectivity index is 1.89. The van der Waals surface area contributed by atoms with Crippen molar-refractivity contribution >= 4 is 53.2 Å². The van der Waals surface area contributed by atoms with E-state index in [-0.39, 0.29) is 37.3 Å². The van der Waals surface area contributed by atoms with Crippen molar-refractivity contribution in [2.75, 3.05) is 24.0 Å². The molecule has 5 atom stereocenters. The number of nitrogens with two attached hydrogens (primary N) is 3. The lowest BCUT2D eigenvalue weighted by Gasteiger charge is -2.23. The highest BCUT2D eigenvalue weighted by atomic mass is 16.3. The normalized spacial score (nSPS) is 13.6. The molecule has 2 rings (SSSR count). The molecule has 5 amide bonds. The average Bonchev–Trinajstić information content (AvgIpc) is 3.12. The molecule has 284 valence electrons. The number of aliphatic hydroxyl groups excluding tert-OH is 1. The molecule has 0 aliphatic heterocycles. The minimum Gasteiger partial charge on any atom is -0.394 e. The summed E-state index contributed by atoms with van der Waals surface area (Å²) in [6.07, 6.45) is 1.16. The van der Waals surface area contributed by atoms with Gasteiger partial charge in [-0.25, -0.2) is 0 Å². The molecule has 2 aromatic rings. The van der Waals surface area contributed by atoms with Crippen LogP contribution in [0, 0.1) is 5.92 Å². The number of carbonyl (C=O) groups excluding carboxylic acids is 6. The Morgan fingerprint density at radius 3 is 1.87 bits per heavy atom. The molecule has 14 N–H and O–H groups in total. The summed E-state index contributed by atoms with van der Waals surface area (Å²) >= 11 is 0. The van der Waals surface area contributed by atoms with E-state index in [2.05, 4.69) is 42.4 Å². The van der Waals surface area contributed by atoms with Crippen LogP contribution in [0.5, 0.6) is 0 Å². The van der Waals surface area contributed by atoms with Crippen LogP contribution in [0.4, 0.5) is 11.4 Å². The van der Waals surface area contributed by atoms with E-state index in [0.29, 0.717) is 17.7 Å². The number of benzene rings is 2. The number of anilines is 2. The number of amides is 5. The van der Waals surface area contributed by atoms with Crippen molar-refractivity contribution in [3.05, 3.63) is 59.7 Å². The van der Waals surface area contributed by atoms with Crippen LogP contribution in [0.25, 0.3) is 0 Å². The zero-order valence-electron chi connectivity index (χ0n) is 29.8. The van der Waals surface area contributed by atoms with Crippen LogP contribution in [-0.4, -0.2) is 90.2 Å². The van der Waals surface area contributed by atoms with Crippen molar-refractivity contribution in [1.29, 1.82) is 0 Å². The van der Waals surface area contributed by atoms with Crippen molar-refractivity contribution in [2.24, 2.45) is 28.1 Å². The second kappa shape index (κ2) is 21.5. The SMILES string of the molecule is CC(C)[C@@H](C=O)NC(=O)c1ccc(NNc2ccc(CNC(=O)[C@H](C)NC(=O)[C@H](CCCN=C(N)N)NC(=O)[C@H](C)NC(=O)[C@@H](N)CO)cc2)cc1. The van der Waals surface area contributed by atoms with Crippen molar-refractivity contribution in [3.63, 3.8) is 0 Å². The number of aldehydes is 1. The first-order valence-electron chi connectivity index (χ1n) is 16.7. The van der Waals surface area contributed by atoms with Gasteiger partial charge in [0.25, 0.3) is 5.91 Å². The number of guanidine groups is 1. The zero-order valence-corrected chi connectivity index (χ0v) is 29.8. The third-order valence-corrected chi connectivity index (χ3v) is 7.70. The lowest BCUT2D eigenvalue weighted by Crippen LogP contribution is -2.56. The Morgan fingerprint density at radius 2 is 1.33 bits per heavy atom. The van der Waals surface area contributed by atoms with Crippen LogP contribution in [0.3, 0.4) is 0 Å². The first kappa shape index (κ1) is 42.4. The molecule has 2 aromatic carbocycles. The Morgan fingerprint density at radius 1 is 0.769 bits per heavy atom. The molecule has 0 aliphatic carbocycles. The first-order chi connectivity index (χ1) is 24.6. The van der Waals surface area contributed by atoms with Crippen molar-refractivity contribution in [2.45, 2.75) is 77.3 Å². The number of aliphatic hydroxyl groups is 1. The van der Waals surface area contributed by atoms with Gasteiger partial charge in [-0.3, -0.25) is 29.0 Å². The molecular formula is C34H51N11O7. The summed E-state index contributed by atoms with van der Waals surface area (Å²) in [4.78, 5) is 78.2. The van der Waals surface area contributed by atoms with E-state index < -0.39 is 60.4 Å². The van der Waals surface area contributed by atoms with Gasteiger partial charge < -0.3 is 64.5 Å². The minimum absolute atomic E-state index is 0.0232. The van der Waals surface area contributed by atoms with E-state index in [0.717, 1.165) is 17.5 Å². The van der Waals surface area contributed by atoms with Gasteiger partial charge in [0.05, 0.1) is 24.0 Å². The van der Waals surface area contributed by atoms with E-state index in [4.69, 9.17) is 22.3 Å². The number of rotatable bonds is 21. The van der Waals surface area contributed by atoms with Gasteiger partial charge in [-0.05, 0) is 74.6 Å². The van der Waals surface area contributed by atoms with Crippen LogP contribution in [-0.2, 0) is 30.5 Å². The summed E-state index contributed by atoms with van der Waals surface area (Å²) in [5, 5.41) is 22.1. The molecule has 0 saturated carbocycles. The van der Waals surface area contributed by atoms with Crippen LogP contribution in [0.15, 0.2) is 53.5 Å². The number of carbonyl (C=O) groups is 6. The lowest BCUT2D eigenvalue weighted by atomic mass is 10.1. The number of aliphatic imine (C=N–C) groups is 1. The van der Waals surface area contributed by atoms with Gasteiger partial charge in [0.1, 0.15) is 30.5 Å². The number of hydrogen-bond acceptors (Lipinski definition) is 11. The maximum absolute atomic E-state index is 13.1. The van der Waals surface area contributed by atoms with Gasteiger partial charge in [0.15, 0.2) is 5.96 Å². The maximum atomic E-state index is 13.1. The molecule has 0 fully saturated rings. The minimum atomic E-state index is -1.22. The number of nitrogens with zero attached hydrogens (tertiary/aromatic N) is 1. The Kier molecular flexibility index (Phi) is 17.5. The van der Waals surface area contributed by atoms with E-state index in [9.17, 15) is 28.8 Å². The monoisotopic (exact) mass is 725 g/mol. The van der Waals surface area contributed by atoms with Gasteiger partial charge in [-0.1, -0.05) is 26.0 Å². The fraction of sp³-hybridized carbons (Fsp3) is 0.441. The second-order valence-corrected chi connectivity index (χ2v) is 12.4. The molecule has 0 heterocycles. The third-order valence-electron chi connectivity index (χ3n) is 7.70. The fourth-order valence-corrected chi connectivity index (χ4v) is 4.41. The predicted octanol–water partition coefficient (Wildman–Crippen LogP) is -1.44. The topological polar surface area (TPSA) is 297 Å². The van der Waals surface area contributed by atoms with Gasteiger partial charge in [-0.15, -0.1) is 0 Å². The van der Waals surface area contributed by atoms with E-state index >= 15 is 0 Å². The summed E-state index contributed by atoms with van der Waals surface area (Å²) in [6.45, 7) is 6.34. The quantitative estimate of drug-likeness (QED) is 0.0232. The number of hydrogen-bond donors (Lipinski definition) is 11. The van der Waals surface area contributed by atoms with Gasteiger partial charge in [0, 0.05) is 18.7 Å². The highest BCUT2D eigenvalue weighted by Gasteiger charge is 2.27. The molecule has 52 heavy (non-hydrogen) atoms. The summed E-state index contributed by atoms with van der Waals surface area (Å²) in [7, 11) is 0. The Labute approximate surface area is 302 Å². The Hall–Kier alpha value is -5.75. The lowest BCUT2D eigenvalue weighted by molar-refractivity contribution is -0.133. The maximum Gasteiger partial charge on any atom is 0.251 e. The molecule has 0 radical (unpaired) electrons. The summed E-state index contributed by atoms with van der Waals surface area (Å²) < 4.78 is 0. The molecule has 18 heteroatoms. The standard InChI is InChI=1S/C34H51N11O7/c1-19(2)28(18-47)43-31(50)23-9-13-25(14-10-23)45-44-24-11-7-22(8-12-24)16-39-29(48)20(3)41-33(52)27(6-5-15-38-34(36)37)42-30(49)21(4)40-32(51)26(35)17-46/h7-14,18-21,26-28,44-46H,5-6,15-17,35H2,1-4H3,(H,39,48)(H,40,51)(H,41,52)(H,42,49)(H,43,50)(H4,36,37,38)/t20-,21-,26-,27-,28+/m0/s1. The smallest absolute Gasteiger partial charge is 0.251 e. The van der Waals surface area contributed by atoms with Gasteiger partial charge in [-0.2, -0.15) is 0 Å². The van der Waals surface area contributed by atoms with Gasteiger partial charge >= 0.3 is 0 Å². The van der Waals surface area contributed by atoms with Crippen LogP contribution >= 0.6 is 0 Å². The van der Waals surface area contributed by atoms with Crippen molar-refractivity contribution in [3.8, 4) is 0 Å². The second-order valence-electron chi connectivity index (χ2n) is 12.4. The van der Waals surface area contributed by atoms with E-state index in [1.165, 1.54) is 13.8 Å². The third kappa shape index (κ3) is 14.6. The van der Waals surface area contributed by atoms with E-state index in [1.54, 1.807) is 48.5 Å². The van der Waals surface area contributed by atoms with Crippen LogP contribution < -0.4 is 54.6 Å². The molecule has 0 aliphatic rings. The Bertz CT molecular complexity index is 1530. The van der Waals surface area contributed by atoms with Crippen molar-refractivity contribution < 1.29 is 33.9 Å². The number of nitrogens with one attached hydrogen (secondary N) is 7. The van der Waals surface area contributed by atoms with Crippen LogP contribution in [0.2, 0.25) is 0 Å². The first-order valence-corrected chi connectivity index (χ1v) is 16.7. The van der Waals surface area contributed by atoms with Crippen molar-refractivity contribution in [1.82, 2.24) is 26.6 Å². The summed E-state index contributed by atoms with van der Waals surface area (Å²) in [5.74, 6) is -3.01.